The number of nitrogen functional groups attached to an aromatic ring is 1. The Bertz CT molecular complexity index is 930. The zero-order chi connectivity index (χ0) is 19.4. The number of imidazole rings is 1. The second-order valence-electron chi connectivity index (χ2n) is 6.01. The third kappa shape index (κ3) is 4.72. The molecule has 1 aromatic carbocycles. The molecule has 0 aliphatic heterocycles. The van der Waals surface area contributed by atoms with Crippen molar-refractivity contribution >= 4 is 32.9 Å². The Morgan fingerprint density at radius 1 is 1.22 bits per heavy atom. The van der Waals surface area contributed by atoms with Crippen LogP contribution in [0.3, 0.4) is 0 Å². The molecule has 0 radical (unpaired) electrons. The Balaban J connectivity index is 1.92. The molecule has 0 amide bonds. The van der Waals surface area contributed by atoms with Crippen LogP contribution in [0.25, 0.3) is 11.2 Å². The predicted octanol–water partition coefficient (Wildman–Crippen LogP) is 2.07. The van der Waals surface area contributed by atoms with Crippen LogP contribution in [0.5, 0.6) is 6.01 Å². The van der Waals surface area contributed by atoms with Gasteiger partial charge in [-0.05, 0) is 27.1 Å². The second kappa shape index (κ2) is 8.61. The lowest BCUT2D eigenvalue weighted by atomic mass is 10.1. The van der Waals surface area contributed by atoms with Crippen molar-refractivity contribution in [3.8, 4) is 6.01 Å². The van der Waals surface area contributed by atoms with Gasteiger partial charge in [0.2, 0.25) is 0 Å². The van der Waals surface area contributed by atoms with E-state index in [2.05, 4.69) is 30.9 Å². The lowest BCUT2D eigenvalue weighted by molar-refractivity contribution is -0.0731. The van der Waals surface area contributed by atoms with Crippen LogP contribution in [0, 0.1) is 0 Å². The van der Waals surface area contributed by atoms with E-state index in [9.17, 15) is 5.21 Å². The van der Waals surface area contributed by atoms with Gasteiger partial charge in [0.15, 0.2) is 21.7 Å². The van der Waals surface area contributed by atoms with Crippen LogP contribution in [0.15, 0.2) is 29.0 Å². The smallest absolute Gasteiger partial charge is 0.320 e. The molecule has 0 unspecified atom stereocenters. The van der Waals surface area contributed by atoms with Crippen molar-refractivity contribution < 1.29 is 14.7 Å². The molecular formula is C17H21BrN6O3. The summed E-state index contributed by atoms with van der Waals surface area (Å²) in [6.07, 6.45) is 0. The summed E-state index contributed by atoms with van der Waals surface area (Å²) >= 11 is 3.47. The number of anilines is 1. The van der Waals surface area contributed by atoms with Gasteiger partial charge in [-0.3, -0.25) is 4.57 Å². The third-order valence-corrected chi connectivity index (χ3v) is 4.42. The first kappa shape index (κ1) is 19.5. The van der Waals surface area contributed by atoms with Crippen LogP contribution in [-0.4, -0.2) is 57.2 Å². The molecule has 0 saturated carbocycles. The van der Waals surface area contributed by atoms with E-state index in [4.69, 9.17) is 15.2 Å². The number of nitrogens with two attached hydrogens (primary N) is 1. The van der Waals surface area contributed by atoms with Crippen LogP contribution in [0.1, 0.15) is 11.1 Å². The highest BCUT2D eigenvalue weighted by Crippen LogP contribution is 2.25. The van der Waals surface area contributed by atoms with Crippen molar-refractivity contribution in [1.82, 2.24) is 24.6 Å². The average molecular weight is 437 g/mol. The summed E-state index contributed by atoms with van der Waals surface area (Å²) in [6.45, 7) is 1.71. The fourth-order valence-electron chi connectivity index (χ4n) is 2.67. The summed E-state index contributed by atoms with van der Waals surface area (Å²) in [5.74, 6) is 0.252. The van der Waals surface area contributed by atoms with E-state index in [0.29, 0.717) is 42.2 Å². The monoisotopic (exact) mass is 436 g/mol. The molecule has 2 aromatic heterocycles. The standard InChI is InChI=1S/C17H21BrN6O3/c1-23(25)9-11-4-3-5-12(8-11)10-24-15-13(20-16(24)18)14(19)21-17(22-15)27-7-6-26-2/h3-5,8,25H,6-7,9-10H2,1-2H3,(H2,19,21,22). The van der Waals surface area contributed by atoms with Gasteiger partial charge < -0.3 is 20.4 Å². The van der Waals surface area contributed by atoms with E-state index in [-0.39, 0.29) is 11.8 Å². The van der Waals surface area contributed by atoms with E-state index < -0.39 is 0 Å². The van der Waals surface area contributed by atoms with Crippen LogP contribution in [0.2, 0.25) is 0 Å². The number of aromatic nitrogens is 4. The number of methoxy groups -OCH3 is 1. The van der Waals surface area contributed by atoms with Crippen molar-refractivity contribution in [1.29, 1.82) is 0 Å². The van der Waals surface area contributed by atoms with Crippen molar-refractivity contribution in [2.45, 2.75) is 13.1 Å². The summed E-state index contributed by atoms with van der Waals surface area (Å²) in [5.41, 5.74) is 9.14. The van der Waals surface area contributed by atoms with Crippen molar-refractivity contribution in [3.63, 3.8) is 0 Å². The van der Waals surface area contributed by atoms with E-state index >= 15 is 0 Å². The largest absolute Gasteiger partial charge is 0.461 e. The van der Waals surface area contributed by atoms with Crippen LogP contribution in [0.4, 0.5) is 5.82 Å². The first-order valence-electron chi connectivity index (χ1n) is 8.26. The third-order valence-electron chi connectivity index (χ3n) is 3.82. The Kier molecular flexibility index (Phi) is 6.22. The van der Waals surface area contributed by atoms with Crippen LogP contribution in [-0.2, 0) is 17.8 Å². The molecule has 0 aliphatic carbocycles. The van der Waals surface area contributed by atoms with Gasteiger partial charge in [-0.2, -0.15) is 15.0 Å². The van der Waals surface area contributed by atoms with Gasteiger partial charge in [0, 0.05) is 20.7 Å². The zero-order valence-corrected chi connectivity index (χ0v) is 16.7. The fraction of sp³-hybridized carbons (Fsp3) is 0.353. The normalized spacial score (nSPS) is 11.4. The summed E-state index contributed by atoms with van der Waals surface area (Å²) in [5, 5.41) is 10.6. The van der Waals surface area contributed by atoms with Crippen molar-refractivity contribution in [2.75, 3.05) is 33.1 Å². The maximum Gasteiger partial charge on any atom is 0.320 e. The molecule has 9 nitrogen and oxygen atoms in total. The lowest BCUT2D eigenvalue weighted by Crippen LogP contribution is -2.12. The topological polar surface area (TPSA) is 112 Å². The van der Waals surface area contributed by atoms with Crippen molar-refractivity contribution in [2.24, 2.45) is 0 Å². The SMILES string of the molecule is COCCOc1nc(N)c2nc(Br)n(Cc3cccc(CN(C)O)c3)c2n1. The summed E-state index contributed by atoms with van der Waals surface area (Å²) in [7, 11) is 3.20. The number of nitrogens with zero attached hydrogens (tertiary/aromatic N) is 5. The fourth-order valence-corrected chi connectivity index (χ4v) is 3.14. The van der Waals surface area contributed by atoms with Crippen LogP contribution < -0.4 is 10.5 Å². The Morgan fingerprint density at radius 3 is 2.74 bits per heavy atom. The Labute approximate surface area is 164 Å². The maximum absolute atomic E-state index is 9.45. The second-order valence-corrected chi connectivity index (χ2v) is 6.72. The summed E-state index contributed by atoms with van der Waals surface area (Å²) < 4.78 is 12.9. The lowest BCUT2D eigenvalue weighted by Gasteiger charge is -2.11. The molecule has 0 atom stereocenters. The number of benzene rings is 1. The van der Waals surface area contributed by atoms with Gasteiger partial charge in [-0.25, -0.2) is 4.98 Å². The summed E-state index contributed by atoms with van der Waals surface area (Å²) in [6, 6.07) is 8.11. The predicted molar refractivity (Wildman–Crippen MR) is 104 cm³/mol. The number of hydroxylamine groups is 2. The highest BCUT2D eigenvalue weighted by Gasteiger charge is 2.16. The Hall–Kier alpha value is -2.27. The molecule has 0 fully saturated rings. The highest BCUT2D eigenvalue weighted by atomic mass is 79.9. The molecule has 0 aliphatic rings. The summed E-state index contributed by atoms with van der Waals surface area (Å²) in [4.78, 5) is 13.0. The Morgan fingerprint density at radius 2 is 2.00 bits per heavy atom. The number of fused-ring (bicyclic) bond motifs is 1. The molecule has 0 spiro atoms. The molecule has 3 N–H and O–H groups in total. The van der Waals surface area contributed by atoms with Crippen molar-refractivity contribution in [3.05, 3.63) is 40.1 Å². The number of rotatable bonds is 8. The number of hydrogen-bond acceptors (Lipinski definition) is 8. The van der Waals surface area contributed by atoms with Gasteiger partial charge in [0.1, 0.15) is 6.61 Å². The van der Waals surface area contributed by atoms with E-state index in [0.717, 1.165) is 16.2 Å². The first-order valence-corrected chi connectivity index (χ1v) is 9.06. The quantitative estimate of drug-likeness (QED) is 0.313. The number of hydrogen-bond donors (Lipinski definition) is 2. The molecule has 2 heterocycles. The highest BCUT2D eigenvalue weighted by molar-refractivity contribution is 9.10. The molecule has 3 rings (SSSR count). The van der Waals surface area contributed by atoms with Gasteiger partial charge in [-0.1, -0.05) is 24.3 Å². The molecule has 3 aromatic rings. The first-order chi connectivity index (χ1) is 13.0. The number of ether oxygens (including phenoxy) is 2. The van der Waals surface area contributed by atoms with Gasteiger partial charge in [0.25, 0.3) is 0 Å². The molecule has 144 valence electrons. The molecule has 0 bridgehead atoms. The minimum atomic E-state index is 0.182. The molecule has 27 heavy (non-hydrogen) atoms. The molecule has 10 heteroatoms. The molecule has 0 saturated heterocycles. The zero-order valence-electron chi connectivity index (χ0n) is 15.1. The van der Waals surface area contributed by atoms with Gasteiger partial charge >= 0.3 is 6.01 Å². The van der Waals surface area contributed by atoms with E-state index in [1.165, 1.54) is 0 Å². The minimum absolute atomic E-state index is 0.182. The molecular weight excluding hydrogens is 416 g/mol. The minimum Gasteiger partial charge on any atom is -0.461 e. The van der Waals surface area contributed by atoms with Gasteiger partial charge in [-0.15, -0.1) is 0 Å². The van der Waals surface area contributed by atoms with Crippen LogP contribution >= 0.6 is 15.9 Å². The van der Waals surface area contributed by atoms with Gasteiger partial charge in [0.05, 0.1) is 13.2 Å². The van der Waals surface area contributed by atoms with E-state index in [1.807, 2.05) is 28.8 Å². The van der Waals surface area contributed by atoms with E-state index in [1.54, 1.807) is 14.2 Å². The number of halogens is 1. The maximum atomic E-state index is 9.45. The average Bonchev–Trinajstić information content (AvgIpc) is 2.92.